The molecule has 0 aromatic rings. The fourth-order valence-corrected chi connectivity index (χ4v) is 2.03. The highest BCUT2D eigenvalue weighted by molar-refractivity contribution is 5.85. The van der Waals surface area contributed by atoms with Crippen LogP contribution in [0, 0.1) is 5.92 Å². The minimum absolute atomic E-state index is 0. The van der Waals surface area contributed by atoms with Crippen LogP contribution in [-0.2, 0) is 9.53 Å². The van der Waals surface area contributed by atoms with E-state index in [0.717, 1.165) is 26.1 Å². The second-order valence-electron chi connectivity index (χ2n) is 4.78. The molecule has 2 N–H and O–H groups in total. The van der Waals surface area contributed by atoms with Crippen molar-refractivity contribution in [1.82, 2.24) is 10.6 Å². The van der Waals surface area contributed by atoms with Gasteiger partial charge in [0.05, 0.1) is 0 Å². The molecule has 0 bridgehead atoms. The molecule has 0 aliphatic carbocycles. The van der Waals surface area contributed by atoms with Crippen LogP contribution < -0.4 is 10.6 Å². The summed E-state index contributed by atoms with van der Waals surface area (Å²) in [5.41, 5.74) is 0. The van der Waals surface area contributed by atoms with E-state index in [0.29, 0.717) is 12.5 Å². The second kappa shape index (κ2) is 11.8. The van der Waals surface area contributed by atoms with Crippen molar-refractivity contribution in [3.63, 3.8) is 0 Å². The number of halogens is 1. The van der Waals surface area contributed by atoms with Crippen molar-refractivity contribution in [2.75, 3.05) is 32.8 Å². The zero-order valence-corrected chi connectivity index (χ0v) is 12.2. The Kier molecular flexibility index (Phi) is 11.5. The van der Waals surface area contributed by atoms with E-state index < -0.39 is 0 Å². The van der Waals surface area contributed by atoms with E-state index in [-0.39, 0.29) is 24.9 Å². The van der Waals surface area contributed by atoms with Gasteiger partial charge in [-0.2, -0.15) is 0 Å². The summed E-state index contributed by atoms with van der Waals surface area (Å²) in [5.74, 6) is 0.611. The second-order valence-corrected chi connectivity index (χ2v) is 4.78. The molecular weight excluding hydrogens is 252 g/mol. The lowest BCUT2D eigenvalue weighted by Crippen LogP contribution is -2.39. The Labute approximate surface area is 117 Å². The van der Waals surface area contributed by atoms with E-state index >= 15 is 0 Å². The van der Waals surface area contributed by atoms with Gasteiger partial charge in [-0.1, -0.05) is 19.8 Å². The molecule has 0 saturated carbocycles. The van der Waals surface area contributed by atoms with E-state index in [4.69, 9.17) is 4.74 Å². The zero-order chi connectivity index (χ0) is 12.3. The normalized spacial score (nSPS) is 19.1. The Balaban J connectivity index is 0.00000289. The van der Waals surface area contributed by atoms with Gasteiger partial charge in [0.2, 0.25) is 5.91 Å². The summed E-state index contributed by atoms with van der Waals surface area (Å²) in [6.45, 7) is 5.99. The number of unbranched alkanes of at least 4 members (excludes halogenated alkanes) is 2. The molecule has 1 rings (SSSR count). The number of hydrogen-bond donors (Lipinski definition) is 2. The van der Waals surface area contributed by atoms with Gasteiger partial charge in [-0.15, -0.1) is 12.4 Å². The van der Waals surface area contributed by atoms with Gasteiger partial charge >= 0.3 is 0 Å². The number of ether oxygens (including phenoxy) is 1. The van der Waals surface area contributed by atoms with E-state index in [1.54, 1.807) is 0 Å². The fraction of sp³-hybridized carbons (Fsp3) is 0.923. The van der Waals surface area contributed by atoms with Crippen LogP contribution in [0.1, 0.15) is 39.0 Å². The first-order valence-corrected chi connectivity index (χ1v) is 6.88. The summed E-state index contributed by atoms with van der Waals surface area (Å²) in [7, 11) is 0. The number of hydrogen-bond acceptors (Lipinski definition) is 3. The summed E-state index contributed by atoms with van der Waals surface area (Å²) < 4.78 is 5.31. The Morgan fingerprint density at radius 2 is 2.28 bits per heavy atom. The summed E-state index contributed by atoms with van der Waals surface area (Å²) in [4.78, 5) is 11.5. The molecule has 0 spiro atoms. The predicted octanol–water partition coefficient (Wildman–Crippen LogP) is 1.73. The fourth-order valence-electron chi connectivity index (χ4n) is 2.03. The third kappa shape index (κ3) is 8.72. The first-order valence-electron chi connectivity index (χ1n) is 6.88. The highest BCUT2D eigenvalue weighted by atomic mass is 35.5. The van der Waals surface area contributed by atoms with Crippen LogP contribution in [0.25, 0.3) is 0 Å². The maximum Gasteiger partial charge on any atom is 0.246 e. The number of amides is 1. The van der Waals surface area contributed by atoms with Crippen molar-refractivity contribution in [1.29, 1.82) is 0 Å². The average molecular weight is 279 g/mol. The van der Waals surface area contributed by atoms with Gasteiger partial charge in [0.1, 0.15) is 6.61 Å². The summed E-state index contributed by atoms with van der Waals surface area (Å²) in [6, 6.07) is 0. The molecule has 1 fully saturated rings. The largest absolute Gasteiger partial charge is 0.372 e. The summed E-state index contributed by atoms with van der Waals surface area (Å²) >= 11 is 0. The summed E-state index contributed by atoms with van der Waals surface area (Å²) in [5, 5.41) is 6.28. The minimum Gasteiger partial charge on any atom is -0.372 e. The van der Waals surface area contributed by atoms with Crippen LogP contribution in [0.5, 0.6) is 0 Å². The molecule has 5 heteroatoms. The Morgan fingerprint density at radius 1 is 1.44 bits per heavy atom. The molecule has 1 saturated heterocycles. The molecule has 18 heavy (non-hydrogen) atoms. The van der Waals surface area contributed by atoms with Gasteiger partial charge in [-0.3, -0.25) is 4.79 Å². The third-order valence-electron chi connectivity index (χ3n) is 3.11. The minimum atomic E-state index is 0. The Morgan fingerprint density at radius 3 is 2.94 bits per heavy atom. The molecule has 0 aromatic heterocycles. The van der Waals surface area contributed by atoms with Crippen LogP contribution in [0.4, 0.5) is 0 Å². The molecule has 0 aromatic carbocycles. The predicted molar refractivity (Wildman–Crippen MR) is 76.2 cm³/mol. The highest BCUT2D eigenvalue weighted by Gasteiger charge is 2.13. The number of carbonyl (C=O) groups is 1. The average Bonchev–Trinajstić information content (AvgIpc) is 2.37. The standard InChI is InChI=1S/C13H26N2O2.ClH/c1-2-3-4-8-17-11-13(16)15-10-12-6-5-7-14-9-12;/h12,14H,2-11H2,1H3,(H,15,16);1H. The molecule has 1 atom stereocenters. The quantitative estimate of drug-likeness (QED) is 0.665. The van der Waals surface area contributed by atoms with E-state index in [2.05, 4.69) is 17.6 Å². The molecule has 1 amide bonds. The van der Waals surface area contributed by atoms with Crippen molar-refractivity contribution < 1.29 is 9.53 Å². The van der Waals surface area contributed by atoms with Crippen LogP contribution in [0.15, 0.2) is 0 Å². The molecule has 1 aliphatic rings. The summed E-state index contributed by atoms with van der Waals surface area (Å²) in [6.07, 6.45) is 5.84. The smallest absolute Gasteiger partial charge is 0.246 e. The van der Waals surface area contributed by atoms with E-state index in [1.165, 1.54) is 25.7 Å². The lowest BCUT2D eigenvalue weighted by molar-refractivity contribution is -0.125. The van der Waals surface area contributed by atoms with Crippen molar-refractivity contribution in [3.8, 4) is 0 Å². The first-order chi connectivity index (χ1) is 8.33. The molecule has 108 valence electrons. The highest BCUT2D eigenvalue weighted by Crippen LogP contribution is 2.07. The van der Waals surface area contributed by atoms with Gasteiger partial charge in [-0.25, -0.2) is 0 Å². The molecule has 4 nitrogen and oxygen atoms in total. The molecule has 1 aliphatic heterocycles. The van der Waals surface area contributed by atoms with Gasteiger partial charge in [0.25, 0.3) is 0 Å². The maximum absolute atomic E-state index is 11.5. The zero-order valence-electron chi connectivity index (χ0n) is 11.4. The first kappa shape index (κ1) is 17.7. The number of nitrogens with one attached hydrogen (secondary N) is 2. The Bertz CT molecular complexity index is 209. The van der Waals surface area contributed by atoms with Gasteiger partial charge < -0.3 is 15.4 Å². The number of rotatable bonds is 8. The van der Waals surface area contributed by atoms with Crippen LogP contribution in [0.3, 0.4) is 0 Å². The third-order valence-corrected chi connectivity index (χ3v) is 3.11. The number of carbonyl (C=O) groups excluding carboxylic acids is 1. The maximum atomic E-state index is 11.5. The lowest BCUT2D eigenvalue weighted by atomic mass is 10.00. The van der Waals surface area contributed by atoms with Gasteiger partial charge in [0, 0.05) is 13.2 Å². The molecule has 1 unspecified atom stereocenters. The monoisotopic (exact) mass is 278 g/mol. The number of piperidine rings is 1. The van der Waals surface area contributed by atoms with Crippen molar-refractivity contribution in [2.45, 2.75) is 39.0 Å². The lowest BCUT2D eigenvalue weighted by Gasteiger charge is -2.22. The molecule has 1 heterocycles. The topological polar surface area (TPSA) is 50.4 Å². The van der Waals surface area contributed by atoms with Crippen LogP contribution in [0.2, 0.25) is 0 Å². The van der Waals surface area contributed by atoms with Crippen molar-refractivity contribution in [2.24, 2.45) is 5.92 Å². The van der Waals surface area contributed by atoms with E-state index in [1.807, 2.05) is 0 Å². The van der Waals surface area contributed by atoms with Crippen LogP contribution >= 0.6 is 12.4 Å². The van der Waals surface area contributed by atoms with E-state index in [9.17, 15) is 4.79 Å². The molecule has 0 radical (unpaired) electrons. The Hall–Kier alpha value is -0.320. The molecular formula is C13H27ClN2O2. The van der Waals surface area contributed by atoms with Gasteiger partial charge in [0.15, 0.2) is 0 Å². The van der Waals surface area contributed by atoms with Gasteiger partial charge in [-0.05, 0) is 38.3 Å². The van der Waals surface area contributed by atoms with Crippen LogP contribution in [-0.4, -0.2) is 38.8 Å². The van der Waals surface area contributed by atoms with Crippen molar-refractivity contribution in [3.05, 3.63) is 0 Å². The van der Waals surface area contributed by atoms with Crippen molar-refractivity contribution >= 4 is 18.3 Å². The SMILES string of the molecule is CCCCCOCC(=O)NCC1CCCNC1.Cl.